The first-order valence-electron chi connectivity index (χ1n) is 11.0. The number of aromatic nitrogens is 2. The monoisotopic (exact) mass is 500 g/mol. The summed E-state index contributed by atoms with van der Waals surface area (Å²) in [6.07, 6.45) is 3.11. The quantitative estimate of drug-likeness (QED) is 0.314. The number of nitrogens with two attached hydrogens (primary N) is 1. The number of carboxylic acids is 1. The van der Waals surface area contributed by atoms with Gasteiger partial charge in [0, 0.05) is 40.3 Å². The first kappa shape index (κ1) is 24.2. The lowest BCUT2D eigenvalue weighted by Crippen LogP contribution is -2.49. The van der Waals surface area contributed by atoms with Crippen LogP contribution in [0.5, 0.6) is 0 Å². The van der Waals surface area contributed by atoms with Crippen LogP contribution in [0, 0.1) is 0 Å². The van der Waals surface area contributed by atoms with E-state index in [1.807, 2.05) is 24.3 Å². The molecule has 1 aromatic heterocycles. The Hall–Kier alpha value is -2.91. The Kier molecular flexibility index (Phi) is 7.84. The lowest BCUT2D eigenvalue weighted by atomic mass is 9.99. The standard InChI is InChI=1S/C24H26Cl2N6O2/c25-18-2-1-3-19(26)17(18)12-31-23-22(27)30-13-21(32-23)15-6-4-14(5-7-15)11-29-16-8-9-28-20(10-16)24(33)34/h1-7,13,16,20,28-29H,8-12H2,(H2,27,30)(H,31,32)(H,33,34)/t16?,20-/m1/s1. The van der Waals surface area contributed by atoms with E-state index in [1.54, 1.807) is 24.4 Å². The second kappa shape index (κ2) is 11.0. The minimum absolute atomic E-state index is 0.172. The van der Waals surface area contributed by atoms with Gasteiger partial charge in [-0.25, -0.2) is 9.97 Å². The lowest BCUT2D eigenvalue weighted by molar-refractivity contribution is -0.140. The molecule has 34 heavy (non-hydrogen) atoms. The number of benzene rings is 2. The minimum atomic E-state index is -0.802. The number of nitrogens with zero attached hydrogens (tertiary/aromatic N) is 2. The number of nitrogen functional groups attached to an aromatic ring is 1. The zero-order chi connectivity index (χ0) is 24.1. The second-order valence-electron chi connectivity index (χ2n) is 8.19. The van der Waals surface area contributed by atoms with E-state index in [1.165, 1.54) is 0 Å². The molecule has 1 aliphatic heterocycles. The highest BCUT2D eigenvalue weighted by Crippen LogP contribution is 2.27. The summed E-state index contributed by atoms with van der Waals surface area (Å²) in [5.74, 6) is -0.0585. The first-order valence-corrected chi connectivity index (χ1v) is 11.7. The van der Waals surface area contributed by atoms with E-state index in [4.69, 9.17) is 28.9 Å². The van der Waals surface area contributed by atoms with E-state index >= 15 is 0 Å². The predicted molar refractivity (Wildman–Crippen MR) is 135 cm³/mol. The summed E-state index contributed by atoms with van der Waals surface area (Å²) in [5.41, 5.74) is 9.47. The fourth-order valence-electron chi connectivity index (χ4n) is 3.89. The van der Waals surface area contributed by atoms with Crippen molar-refractivity contribution in [3.63, 3.8) is 0 Å². The van der Waals surface area contributed by atoms with Gasteiger partial charge in [0.15, 0.2) is 11.6 Å². The van der Waals surface area contributed by atoms with E-state index in [9.17, 15) is 9.90 Å². The molecule has 0 saturated carbocycles. The van der Waals surface area contributed by atoms with Crippen molar-refractivity contribution in [1.82, 2.24) is 20.6 Å². The van der Waals surface area contributed by atoms with Gasteiger partial charge >= 0.3 is 5.97 Å². The Morgan fingerprint density at radius 3 is 2.59 bits per heavy atom. The normalized spacial score (nSPS) is 17.9. The van der Waals surface area contributed by atoms with Crippen LogP contribution in [0.25, 0.3) is 11.3 Å². The van der Waals surface area contributed by atoms with Crippen LogP contribution in [0.4, 0.5) is 11.6 Å². The number of halogens is 2. The van der Waals surface area contributed by atoms with Crippen LogP contribution >= 0.6 is 23.2 Å². The molecule has 2 atom stereocenters. The number of anilines is 2. The summed E-state index contributed by atoms with van der Waals surface area (Å²) in [5, 5.41) is 20.0. The van der Waals surface area contributed by atoms with E-state index < -0.39 is 12.0 Å². The van der Waals surface area contributed by atoms with Crippen molar-refractivity contribution >= 4 is 40.8 Å². The van der Waals surface area contributed by atoms with Gasteiger partial charge < -0.3 is 26.8 Å². The highest BCUT2D eigenvalue weighted by molar-refractivity contribution is 6.36. The average Bonchev–Trinajstić information content (AvgIpc) is 2.84. The lowest BCUT2D eigenvalue weighted by Gasteiger charge is -2.28. The van der Waals surface area contributed by atoms with Gasteiger partial charge in [-0.1, -0.05) is 53.5 Å². The van der Waals surface area contributed by atoms with Gasteiger partial charge in [-0.15, -0.1) is 0 Å². The second-order valence-corrected chi connectivity index (χ2v) is 9.00. The molecule has 8 nitrogen and oxygen atoms in total. The third kappa shape index (κ3) is 5.95. The number of rotatable bonds is 8. The molecule has 0 bridgehead atoms. The van der Waals surface area contributed by atoms with Crippen molar-refractivity contribution in [2.75, 3.05) is 17.6 Å². The summed E-state index contributed by atoms with van der Waals surface area (Å²) >= 11 is 12.5. The Labute approximate surface area is 207 Å². The summed E-state index contributed by atoms with van der Waals surface area (Å²) in [7, 11) is 0. The van der Waals surface area contributed by atoms with E-state index in [-0.39, 0.29) is 11.9 Å². The van der Waals surface area contributed by atoms with Crippen LogP contribution in [-0.4, -0.2) is 39.7 Å². The SMILES string of the molecule is Nc1ncc(-c2ccc(CNC3CCN[C@@H](C(=O)O)C3)cc2)nc1NCc1c(Cl)cccc1Cl. The average molecular weight is 501 g/mol. The smallest absolute Gasteiger partial charge is 0.320 e. The fourth-order valence-corrected chi connectivity index (χ4v) is 4.42. The summed E-state index contributed by atoms with van der Waals surface area (Å²) in [4.78, 5) is 20.1. The maximum Gasteiger partial charge on any atom is 0.320 e. The van der Waals surface area contributed by atoms with E-state index in [0.29, 0.717) is 47.6 Å². The fraction of sp³-hybridized carbons (Fsp3) is 0.292. The Bertz CT molecular complexity index is 1140. The van der Waals surface area contributed by atoms with Crippen LogP contribution in [-0.2, 0) is 17.9 Å². The molecule has 6 N–H and O–H groups in total. The van der Waals surface area contributed by atoms with Crippen LogP contribution < -0.4 is 21.7 Å². The van der Waals surface area contributed by atoms with E-state index in [0.717, 1.165) is 23.1 Å². The molecule has 3 aromatic rings. The molecule has 0 spiro atoms. The zero-order valence-electron chi connectivity index (χ0n) is 18.4. The van der Waals surface area contributed by atoms with Crippen molar-refractivity contribution < 1.29 is 9.90 Å². The zero-order valence-corrected chi connectivity index (χ0v) is 19.9. The van der Waals surface area contributed by atoms with Gasteiger partial charge in [0.2, 0.25) is 0 Å². The van der Waals surface area contributed by atoms with Gasteiger partial charge in [0.05, 0.1) is 11.9 Å². The first-order chi connectivity index (χ1) is 16.4. The molecule has 1 saturated heterocycles. The molecule has 0 radical (unpaired) electrons. The molecule has 1 unspecified atom stereocenters. The molecule has 2 aromatic carbocycles. The molecule has 0 aliphatic carbocycles. The maximum absolute atomic E-state index is 11.2. The van der Waals surface area contributed by atoms with Gasteiger partial charge in [-0.2, -0.15) is 0 Å². The minimum Gasteiger partial charge on any atom is -0.480 e. The van der Waals surface area contributed by atoms with Crippen molar-refractivity contribution in [3.05, 3.63) is 69.8 Å². The molecule has 2 heterocycles. The molecule has 10 heteroatoms. The van der Waals surface area contributed by atoms with Gasteiger partial charge in [0.1, 0.15) is 6.04 Å². The van der Waals surface area contributed by atoms with Crippen molar-refractivity contribution in [1.29, 1.82) is 0 Å². The molecule has 1 fully saturated rings. The number of piperidine rings is 1. The van der Waals surface area contributed by atoms with Crippen LogP contribution in [0.3, 0.4) is 0 Å². The third-order valence-corrected chi connectivity index (χ3v) is 6.55. The number of aliphatic carboxylic acids is 1. The molecule has 1 aliphatic rings. The van der Waals surface area contributed by atoms with Gasteiger partial charge in [-0.05, 0) is 37.1 Å². The highest BCUT2D eigenvalue weighted by Gasteiger charge is 2.25. The third-order valence-electron chi connectivity index (χ3n) is 5.84. The van der Waals surface area contributed by atoms with Crippen molar-refractivity contribution in [2.24, 2.45) is 0 Å². The number of hydrogen-bond donors (Lipinski definition) is 5. The highest BCUT2D eigenvalue weighted by atomic mass is 35.5. The Morgan fingerprint density at radius 2 is 1.88 bits per heavy atom. The molecule has 0 amide bonds. The summed E-state index contributed by atoms with van der Waals surface area (Å²) in [6, 6.07) is 13.0. The molecule has 4 rings (SSSR count). The predicted octanol–water partition coefficient (Wildman–Crippen LogP) is 3.94. The van der Waals surface area contributed by atoms with Crippen LogP contribution in [0.1, 0.15) is 24.0 Å². The Balaban J connectivity index is 1.39. The van der Waals surface area contributed by atoms with Gasteiger partial charge in [-0.3, -0.25) is 4.79 Å². The van der Waals surface area contributed by atoms with Crippen LogP contribution in [0.2, 0.25) is 10.0 Å². The van der Waals surface area contributed by atoms with Gasteiger partial charge in [0.25, 0.3) is 0 Å². The summed E-state index contributed by atoms with van der Waals surface area (Å²) < 4.78 is 0. The maximum atomic E-state index is 11.2. The van der Waals surface area contributed by atoms with Crippen molar-refractivity contribution in [3.8, 4) is 11.3 Å². The molecular weight excluding hydrogens is 475 g/mol. The van der Waals surface area contributed by atoms with Crippen LogP contribution in [0.15, 0.2) is 48.7 Å². The molecule has 178 valence electrons. The number of hydrogen-bond acceptors (Lipinski definition) is 7. The number of carbonyl (C=O) groups is 1. The topological polar surface area (TPSA) is 125 Å². The molecular formula is C24H26Cl2N6O2. The largest absolute Gasteiger partial charge is 0.480 e. The Morgan fingerprint density at radius 1 is 1.15 bits per heavy atom. The number of carboxylic acid groups (broad SMARTS) is 1. The van der Waals surface area contributed by atoms with Crippen molar-refractivity contribution in [2.45, 2.75) is 38.0 Å². The summed E-state index contributed by atoms with van der Waals surface area (Å²) in [6.45, 7) is 1.73. The number of nitrogens with one attached hydrogen (secondary N) is 3. The van der Waals surface area contributed by atoms with E-state index in [2.05, 4.69) is 25.9 Å².